The van der Waals surface area contributed by atoms with E-state index in [2.05, 4.69) is 6.92 Å². The second kappa shape index (κ2) is 18.7. The average molecular weight is 739 g/mol. The van der Waals surface area contributed by atoms with Gasteiger partial charge in [-0.2, -0.15) is 0 Å². The number of benzene rings is 4. The first-order valence-electron chi connectivity index (χ1n) is 17.5. The van der Waals surface area contributed by atoms with Crippen LogP contribution in [0.5, 0.6) is 34.5 Å². The Balaban J connectivity index is 1.91. The lowest BCUT2D eigenvalue weighted by atomic mass is 9.73. The zero-order valence-electron chi connectivity index (χ0n) is 31.8. The number of esters is 4. The fraction of sp³-hybridized carbons (Fsp3) is 0.326. The van der Waals surface area contributed by atoms with Crippen molar-refractivity contribution < 1.29 is 52.4 Å². The minimum Gasteiger partial charge on any atom is -0.497 e. The monoisotopic (exact) mass is 738 g/mol. The Morgan fingerprint density at radius 1 is 0.574 bits per heavy atom. The quantitative estimate of drug-likeness (QED) is 0.0630. The average Bonchev–Trinajstić information content (AvgIpc) is 3.12. The van der Waals surface area contributed by atoms with E-state index in [9.17, 15) is 24.0 Å². The molecule has 11 heteroatoms. The van der Waals surface area contributed by atoms with Crippen LogP contribution >= 0.6 is 0 Å². The first-order valence-corrected chi connectivity index (χ1v) is 17.5. The molecule has 0 aliphatic rings. The highest BCUT2D eigenvalue weighted by atomic mass is 16.6. The van der Waals surface area contributed by atoms with Crippen LogP contribution < -0.4 is 28.4 Å². The van der Waals surface area contributed by atoms with E-state index in [0.717, 1.165) is 11.1 Å². The molecule has 4 aromatic carbocycles. The molecule has 284 valence electrons. The predicted octanol–water partition coefficient (Wildman–Crippen LogP) is 7.87. The van der Waals surface area contributed by atoms with Crippen LogP contribution in [0.2, 0.25) is 0 Å². The molecule has 0 radical (unpaired) electrons. The number of Topliss-reactive ketones (excluding diaryl/α,β-unsaturated/α-hetero) is 1. The highest BCUT2D eigenvalue weighted by Gasteiger charge is 2.36. The summed E-state index contributed by atoms with van der Waals surface area (Å²) in [6.07, 6.45) is 0.997. The molecule has 54 heavy (non-hydrogen) atoms. The Hall–Kier alpha value is -5.97. The van der Waals surface area contributed by atoms with Crippen molar-refractivity contribution in [3.63, 3.8) is 0 Å². The van der Waals surface area contributed by atoms with E-state index in [-0.39, 0.29) is 46.9 Å². The molecule has 4 rings (SSSR count). The normalized spacial score (nSPS) is 12.4. The van der Waals surface area contributed by atoms with Crippen LogP contribution in [-0.2, 0) is 32.0 Å². The maximum absolute atomic E-state index is 14.3. The molecule has 11 nitrogen and oxygen atoms in total. The van der Waals surface area contributed by atoms with Crippen LogP contribution in [0.25, 0.3) is 0 Å². The van der Waals surface area contributed by atoms with Gasteiger partial charge in [0.05, 0.1) is 14.2 Å². The molecule has 4 aromatic rings. The van der Waals surface area contributed by atoms with E-state index in [0.29, 0.717) is 41.2 Å². The molecule has 0 fully saturated rings. The van der Waals surface area contributed by atoms with E-state index in [1.165, 1.54) is 40.9 Å². The molecule has 3 atom stereocenters. The summed E-state index contributed by atoms with van der Waals surface area (Å²) in [4.78, 5) is 63.0. The lowest BCUT2D eigenvalue weighted by Crippen LogP contribution is -2.24. The predicted molar refractivity (Wildman–Crippen MR) is 201 cm³/mol. The molecule has 0 aliphatic heterocycles. The first-order chi connectivity index (χ1) is 25.7. The smallest absolute Gasteiger partial charge is 0.308 e. The SMILES string of the molecule is COc1ccc(CCC(=O)c2c(OC)cc(OC(C)=O)c([C@H](c3ccc(OC(C)=O)cc3)[C@@H](C)[C@H](C)Cc3ccc(OC(C)=O)cc3)c2OC(C)=O)cc1. The summed E-state index contributed by atoms with van der Waals surface area (Å²) in [5, 5.41) is 0. The lowest BCUT2D eigenvalue weighted by Gasteiger charge is -2.33. The molecular weight excluding hydrogens is 692 g/mol. The van der Waals surface area contributed by atoms with E-state index in [1.54, 1.807) is 43.5 Å². The minimum atomic E-state index is -0.694. The lowest BCUT2D eigenvalue weighted by molar-refractivity contribution is -0.133. The first kappa shape index (κ1) is 40.8. The molecular formula is C43H46O11. The highest BCUT2D eigenvalue weighted by molar-refractivity contribution is 6.03. The van der Waals surface area contributed by atoms with Gasteiger partial charge in [0, 0.05) is 51.7 Å². The summed E-state index contributed by atoms with van der Waals surface area (Å²) in [5.41, 5.74) is 2.91. The van der Waals surface area contributed by atoms with Crippen molar-refractivity contribution in [2.24, 2.45) is 11.8 Å². The van der Waals surface area contributed by atoms with Crippen molar-refractivity contribution >= 4 is 29.7 Å². The Bertz CT molecular complexity index is 1960. The van der Waals surface area contributed by atoms with Gasteiger partial charge in [-0.25, -0.2) is 0 Å². The molecule has 0 saturated heterocycles. The van der Waals surface area contributed by atoms with Crippen LogP contribution in [0, 0.1) is 11.8 Å². The summed E-state index contributed by atoms with van der Waals surface area (Å²) in [6, 6.07) is 22.9. The van der Waals surface area contributed by atoms with Gasteiger partial charge in [0.15, 0.2) is 11.5 Å². The zero-order valence-corrected chi connectivity index (χ0v) is 31.8. The highest BCUT2D eigenvalue weighted by Crippen LogP contribution is 2.50. The Kier molecular flexibility index (Phi) is 14.1. The second-order valence-electron chi connectivity index (χ2n) is 13.1. The topological polar surface area (TPSA) is 141 Å². The van der Waals surface area contributed by atoms with Gasteiger partial charge >= 0.3 is 23.9 Å². The van der Waals surface area contributed by atoms with Crippen LogP contribution in [0.4, 0.5) is 0 Å². The van der Waals surface area contributed by atoms with Crippen LogP contribution in [0.1, 0.15) is 86.5 Å². The van der Waals surface area contributed by atoms with Crippen molar-refractivity contribution in [2.75, 3.05) is 14.2 Å². The number of carbonyl (C=O) groups excluding carboxylic acids is 5. The van der Waals surface area contributed by atoms with Gasteiger partial charge in [-0.1, -0.05) is 50.2 Å². The Labute approximate surface area is 315 Å². The van der Waals surface area contributed by atoms with E-state index >= 15 is 0 Å². The molecule has 0 aromatic heterocycles. The van der Waals surface area contributed by atoms with Crippen LogP contribution in [0.15, 0.2) is 78.9 Å². The number of ether oxygens (including phenoxy) is 6. The number of ketones is 1. The van der Waals surface area contributed by atoms with Gasteiger partial charge in [-0.15, -0.1) is 0 Å². The van der Waals surface area contributed by atoms with Crippen molar-refractivity contribution in [1.82, 2.24) is 0 Å². The zero-order chi connectivity index (χ0) is 39.5. The van der Waals surface area contributed by atoms with Gasteiger partial charge in [0.1, 0.15) is 34.3 Å². The number of carbonyl (C=O) groups is 5. The third kappa shape index (κ3) is 10.8. The van der Waals surface area contributed by atoms with Gasteiger partial charge < -0.3 is 28.4 Å². The van der Waals surface area contributed by atoms with Gasteiger partial charge in [-0.3, -0.25) is 24.0 Å². The second-order valence-corrected chi connectivity index (χ2v) is 13.1. The molecule has 0 amide bonds. The Morgan fingerprint density at radius 3 is 1.57 bits per heavy atom. The summed E-state index contributed by atoms with van der Waals surface area (Å²) in [5.74, 6) is -2.08. The van der Waals surface area contributed by atoms with E-state index < -0.39 is 29.8 Å². The largest absolute Gasteiger partial charge is 0.497 e. The van der Waals surface area contributed by atoms with Crippen molar-refractivity contribution in [1.29, 1.82) is 0 Å². The summed E-state index contributed by atoms with van der Waals surface area (Å²) >= 11 is 0. The standard InChI is InChI=1S/C43H46O11/c1-25(23-32-11-18-35(19-12-32)51-27(3)44)26(2)40(33-14-20-36(21-15-33)52-28(4)45)42-39(53-29(5)46)24-38(50-8)41(43(42)54-30(6)47)37(48)22-13-31-9-16-34(49-7)17-10-31/h9-12,14-21,24-26,40H,13,22-23H2,1-8H3/t25-,26+,40+/m1/s1. The number of methoxy groups -OCH3 is 2. The van der Waals surface area contributed by atoms with Crippen LogP contribution in [-0.4, -0.2) is 43.9 Å². The molecule has 0 spiro atoms. The molecule has 0 bridgehead atoms. The van der Waals surface area contributed by atoms with Crippen molar-refractivity contribution in [3.05, 3.63) is 107 Å². The third-order valence-corrected chi connectivity index (χ3v) is 9.02. The maximum atomic E-state index is 14.3. The van der Waals surface area contributed by atoms with Gasteiger partial charge in [0.25, 0.3) is 0 Å². The summed E-state index contributed by atoms with van der Waals surface area (Å²) < 4.78 is 33.3. The summed E-state index contributed by atoms with van der Waals surface area (Å²) in [6.45, 7) is 9.21. The third-order valence-electron chi connectivity index (χ3n) is 9.02. The molecule has 0 unspecified atom stereocenters. The van der Waals surface area contributed by atoms with E-state index in [4.69, 9.17) is 28.4 Å². The van der Waals surface area contributed by atoms with Crippen molar-refractivity contribution in [3.8, 4) is 34.5 Å². The number of aryl methyl sites for hydroxylation is 1. The fourth-order valence-corrected chi connectivity index (χ4v) is 6.40. The Morgan fingerprint density at radius 2 is 1.07 bits per heavy atom. The van der Waals surface area contributed by atoms with Gasteiger partial charge in [0.2, 0.25) is 0 Å². The van der Waals surface area contributed by atoms with E-state index in [1.807, 2.05) is 43.3 Å². The fourth-order valence-electron chi connectivity index (χ4n) is 6.40. The van der Waals surface area contributed by atoms with Gasteiger partial charge in [-0.05, 0) is 77.8 Å². The minimum absolute atomic E-state index is 0.0366. The summed E-state index contributed by atoms with van der Waals surface area (Å²) in [7, 11) is 2.96. The van der Waals surface area contributed by atoms with Crippen molar-refractivity contribution in [2.45, 2.75) is 66.7 Å². The molecule has 0 heterocycles. The number of hydrogen-bond acceptors (Lipinski definition) is 11. The number of rotatable bonds is 16. The van der Waals surface area contributed by atoms with Crippen LogP contribution in [0.3, 0.4) is 0 Å². The molecule has 0 N–H and O–H groups in total. The maximum Gasteiger partial charge on any atom is 0.308 e. The molecule has 0 saturated carbocycles. The molecule has 0 aliphatic carbocycles. The number of hydrogen-bond donors (Lipinski definition) is 0.